The van der Waals surface area contributed by atoms with Gasteiger partial charge in [-0.05, 0) is 45.1 Å². The highest BCUT2D eigenvalue weighted by Gasteiger charge is 2.40. The number of hydrogen-bond donors (Lipinski definition) is 3. The van der Waals surface area contributed by atoms with Gasteiger partial charge in [0.15, 0.2) is 0 Å². The van der Waals surface area contributed by atoms with Crippen molar-refractivity contribution >= 4 is 27.2 Å². The van der Waals surface area contributed by atoms with Crippen LogP contribution in [0.4, 0.5) is 14.7 Å². The Balaban J connectivity index is 1.67. The quantitative estimate of drug-likeness (QED) is 0.565. The Labute approximate surface area is 190 Å². The van der Waals surface area contributed by atoms with Gasteiger partial charge >= 0.3 is 0 Å². The number of aromatic nitrogens is 3. The van der Waals surface area contributed by atoms with Crippen LogP contribution >= 0.6 is 0 Å². The minimum Gasteiger partial charge on any atom is -0.388 e. The van der Waals surface area contributed by atoms with Gasteiger partial charge in [-0.25, -0.2) is 18.5 Å². The van der Waals surface area contributed by atoms with E-state index in [-0.39, 0.29) is 23.0 Å². The maximum Gasteiger partial charge on any atom is 0.279 e. The van der Waals surface area contributed by atoms with E-state index in [4.69, 9.17) is 0 Å². The smallest absolute Gasteiger partial charge is 0.279 e. The third-order valence-corrected chi connectivity index (χ3v) is 8.17. The molecule has 2 aromatic rings. The first-order valence-electron chi connectivity index (χ1n) is 10.9. The summed E-state index contributed by atoms with van der Waals surface area (Å²) in [5.74, 6) is 0.216. The number of hydrogen-bond acceptors (Lipinski definition) is 7. The van der Waals surface area contributed by atoms with Gasteiger partial charge in [0.05, 0.1) is 17.2 Å². The van der Waals surface area contributed by atoms with Crippen molar-refractivity contribution in [1.29, 1.82) is 0 Å². The van der Waals surface area contributed by atoms with Crippen LogP contribution in [0.15, 0.2) is 17.1 Å². The minimum absolute atomic E-state index is 0.0964. The van der Waals surface area contributed by atoms with Crippen molar-refractivity contribution < 1.29 is 22.3 Å². The summed E-state index contributed by atoms with van der Waals surface area (Å²) < 4.78 is 55.9. The first kappa shape index (κ1) is 23.9. The monoisotopic (exact) mass is 486 g/mol. The van der Waals surface area contributed by atoms with Crippen molar-refractivity contribution in [3.05, 3.63) is 28.2 Å². The van der Waals surface area contributed by atoms with Gasteiger partial charge in [0.2, 0.25) is 5.95 Å². The third-order valence-electron chi connectivity index (χ3n) is 6.61. The van der Waals surface area contributed by atoms with Gasteiger partial charge < -0.3 is 10.4 Å². The predicted molar refractivity (Wildman–Crippen MR) is 118 cm³/mol. The molecule has 2 aromatic heterocycles. The van der Waals surface area contributed by atoms with Gasteiger partial charge in [0, 0.05) is 37.8 Å². The molecule has 3 N–H and O–H groups in total. The zero-order valence-electron chi connectivity index (χ0n) is 18.5. The number of piperidine rings is 1. The van der Waals surface area contributed by atoms with E-state index in [0.717, 1.165) is 6.07 Å². The van der Waals surface area contributed by atoms with E-state index in [1.165, 1.54) is 22.1 Å². The standard InChI is InChI=1S/C20H28F2N6O4S/c1-20(30)7-3-4-15(20)28-17-12(10-14(16(21)22)18(28)29)11-24-19(26-17)25-13-5-8-27(9-6-13)33(31,32)23-2/h10-11,13,15-16,23,30H,3-9H2,1-2H3,(H,24,25,26)/t15-,20-/m0/s1. The normalized spacial score (nSPS) is 25.2. The number of fused-ring (bicyclic) bond motifs is 1. The molecule has 1 aliphatic heterocycles. The molecule has 0 radical (unpaired) electrons. The molecule has 10 nitrogen and oxygen atoms in total. The second kappa shape index (κ2) is 8.85. The topological polar surface area (TPSA) is 129 Å². The predicted octanol–water partition coefficient (Wildman–Crippen LogP) is 1.55. The minimum atomic E-state index is -3.49. The number of nitrogens with one attached hydrogen (secondary N) is 2. The SMILES string of the molecule is CNS(=O)(=O)N1CCC(Nc2ncc3cc(C(F)F)c(=O)n([C@H]4CCC[C@]4(C)O)c3n2)CC1. The molecule has 0 aromatic carbocycles. The zero-order valence-corrected chi connectivity index (χ0v) is 19.3. The first-order chi connectivity index (χ1) is 15.5. The number of pyridine rings is 1. The van der Waals surface area contributed by atoms with E-state index in [1.807, 2.05) is 0 Å². The highest BCUT2D eigenvalue weighted by atomic mass is 32.2. The molecule has 13 heteroatoms. The highest BCUT2D eigenvalue weighted by Crippen LogP contribution is 2.39. The van der Waals surface area contributed by atoms with Crippen LogP contribution in [-0.4, -0.2) is 64.1 Å². The number of nitrogens with zero attached hydrogens (tertiary/aromatic N) is 4. The summed E-state index contributed by atoms with van der Waals surface area (Å²) in [6, 6.07) is 0.331. The molecule has 2 aliphatic rings. The molecule has 1 saturated heterocycles. The van der Waals surface area contributed by atoms with E-state index < -0.39 is 39.4 Å². The summed E-state index contributed by atoms with van der Waals surface area (Å²) in [4.78, 5) is 21.7. The maximum absolute atomic E-state index is 13.6. The Morgan fingerprint density at radius 1 is 1.27 bits per heavy atom. The van der Waals surface area contributed by atoms with E-state index in [0.29, 0.717) is 45.2 Å². The highest BCUT2D eigenvalue weighted by molar-refractivity contribution is 7.87. The molecule has 0 bridgehead atoms. The van der Waals surface area contributed by atoms with Gasteiger partial charge in [-0.2, -0.15) is 17.7 Å². The van der Waals surface area contributed by atoms with E-state index >= 15 is 0 Å². The van der Waals surface area contributed by atoms with Gasteiger partial charge in [-0.1, -0.05) is 0 Å². The van der Waals surface area contributed by atoms with Gasteiger partial charge in [0.1, 0.15) is 5.65 Å². The maximum atomic E-state index is 13.6. The number of rotatable bonds is 6. The van der Waals surface area contributed by atoms with Crippen LogP contribution in [0.5, 0.6) is 0 Å². The average Bonchev–Trinajstić information content (AvgIpc) is 3.12. The van der Waals surface area contributed by atoms with Crippen LogP contribution in [0, 0.1) is 0 Å². The van der Waals surface area contributed by atoms with Gasteiger partial charge in [0.25, 0.3) is 22.2 Å². The second-order valence-electron chi connectivity index (χ2n) is 8.84. The summed E-state index contributed by atoms with van der Waals surface area (Å²) >= 11 is 0. The summed E-state index contributed by atoms with van der Waals surface area (Å²) in [6.07, 6.45) is 1.06. The summed E-state index contributed by atoms with van der Waals surface area (Å²) in [6.45, 7) is 2.25. The Kier molecular flexibility index (Phi) is 6.42. The third kappa shape index (κ3) is 4.59. The Hall–Kier alpha value is -2.22. The lowest BCUT2D eigenvalue weighted by atomic mass is 9.99. The van der Waals surface area contributed by atoms with E-state index in [2.05, 4.69) is 20.0 Å². The van der Waals surface area contributed by atoms with Crippen molar-refractivity contribution in [2.24, 2.45) is 0 Å². The van der Waals surface area contributed by atoms with E-state index in [9.17, 15) is 27.1 Å². The van der Waals surface area contributed by atoms with Crippen molar-refractivity contribution in [3.63, 3.8) is 0 Å². The van der Waals surface area contributed by atoms with Gasteiger partial charge in [-0.3, -0.25) is 9.36 Å². The average molecular weight is 487 g/mol. The Morgan fingerprint density at radius 3 is 2.55 bits per heavy atom. The zero-order chi connectivity index (χ0) is 24.0. The lowest BCUT2D eigenvalue weighted by Gasteiger charge is -2.31. The fraction of sp³-hybridized carbons (Fsp3) is 0.650. The van der Waals surface area contributed by atoms with Crippen molar-refractivity contribution in [2.75, 3.05) is 25.5 Å². The fourth-order valence-corrected chi connectivity index (χ4v) is 5.70. The number of halogens is 2. The summed E-state index contributed by atoms with van der Waals surface area (Å²) in [5, 5.41) is 14.3. The molecule has 1 saturated carbocycles. The summed E-state index contributed by atoms with van der Waals surface area (Å²) in [7, 11) is -2.12. The van der Waals surface area contributed by atoms with Crippen molar-refractivity contribution in [2.45, 2.75) is 63.1 Å². The molecule has 1 aliphatic carbocycles. The van der Waals surface area contributed by atoms with Crippen molar-refractivity contribution in [3.8, 4) is 0 Å². The van der Waals surface area contributed by atoms with Crippen LogP contribution in [0.1, 0.15) is 57.1 Å². The van der Waals surface area contributed by atoms with Crippen LogP contribution in [-0.2, 0) is 10.2 Å². The lowest BCUT2D eigenvalue weighted by molar-refractivity contribution is 0.0261. The molecule has 2 atom stereocenters. The molecule has 33 heavy (non-hydrogen) atoms. The summed E-state index contributed by atoms with van der Waals surface area (Å²) in [5.41, 5.74) is -2.54. The number of alkyl halides is 2. The number of aliphatic hydroxyl groups is 1. The first-order valence-corrected chi connectivity index (χ1v) is 12.4. The number of anilines is 1. The molecular weight excluding hydrogens is 458 g/mol. The molecule has 0 unspecified atom stereocenters. The van der Waals surface area contributed by atoms with Gasteiger partial charge in [-0.15, -0.1) is 0 Å². The van der Waals surface area contributed by atoms with Crippen LogP contribution in [0.3, 0.4) is 0 Å². The van der Waals surface area contributed by atoms with Crippen LogP contribution in [0.2, 0.25) is 0 Å². The lowest BCUT2D eigenvalue weighted by Crippen LogP contribution is -2.46. The molecule has 3 heterocycles. The second-order valence-corrected chi connectivity index (χ2v) is 10.7. The Bertz CT molecular complexity index is 1190. The van der Waals surface area contributed by atoms with Crippen LogP contribution in [0.25, 0.3) is 11.0 Å². The molecule has 2 fully saturated rings. The van der Waals surface area contributed by atoms with E-state index in [1.54, 1.807) is 6.92 Å². The molecule has 0 amide bonds. The Morgan fingerprint density at radius 2 is 1.97 bits per heavy atom. The molecule has 182 valence electrons. The fourth-order valence-electron chi connectivity index (χ4n) is 4.75. The van der Waals surface area contributed by atoms with Crippen molar-refractivity contribution in [1.82, 2.24) is 23.6 Å². The molecule has 4 rings (SSSR count). The molecule has 0 spiro atoms. The molecular formula is C20H28F2N6O4S. The van der Waals surface area contributed by atoms with Crippen LogP contribution < -0.4 is 15.6 Å². The largest absolute Gasteiger partial charge is 0.388 e.